The summed E-state index contributed by atoms with van der Waals surface area (Å²) in [6.45, 7) is 7.15. The molecule has 5 nitrogen and oxygen atoms in total. The Hall–Kier alpha value is -2.10. The average molecular weight is 527 g/mol. The summed E-state index contributed by atoms with van der Waals surface area (Å²) in [5.74, 6) is -0.337. The van der Waals surface area contributed by atoms with Crippen molar-refractivity contribution in [3.63, 3.8) is 0 Å². The minimum absolute atomic E-state index is 0.0541. The van der Waals surface area contributed by atoms with Gasteiger partial charge in [-0.3, -0.25) is 10.1 Å². The number of nitrogens with one attached hydrogen (secondary N) is 1. The van der Waals surface area contributed by atoms with Crippen molar-refractivity contribution in [3.05, 3.63) is 69.7 Å². The van der Waals surface area contributed by atoms with Crippen molar-refractivity contribution in [2.75, 3.05) is 13.2 Å². The molecule has 2 unspecified atom stereocenters. The summed E-state index contributed by atoms with van der Waals surface area (Å²) in [4.78, 5) is 16.0. The fourth-order valence-electron chi connectivity index (χ4n) is 7.13. The van der Waals surface area contributed by atoms with Crippen LogP contribution in [-0.2, 0) is 10.2 Å². The summed E-state index contributed by atoms with van der Waals surface area (Å²) in [6.07, 6.45) is 2.44. The first-order chi connectivity index (χ1) is 17.1. The summed E-state index contributed by atoms with van der Waals surface area (Å²) in [5.41, 5.74) is 0.0413. The maximum absolute atomic E-state index is 14.2. The van der Waals surface area contributed by atoms with Crippen LogP contribution in [0.1, 0.15) is 57.1 Å². The van der Waals surface area contributed by atoms with E-state index in [4.69, 9.17) is 23.2 Å². The van der Waals surface area contributed by atoms with Gasteiger partial charge >= 0.3 is 0 Å². The Balaban J connectivity index is 1.74. The standard InChI is InChI=1S/C29H33Cl2N3O2/c1-27(2,3)23-15-29(23)28(17-32,19-9-11-20(30)12-10-19)24(18-6-4-7-21(31)14-18)25(33-29)26(36)34-13-5-8-22(34)16-35/h4,6-7,9-12,14,22-25,33,35H,5,8,13,15-16H2,1-3H3/t22-,23?,24-,25+,28+,29?/m0/s1. The lowest BCUT2D eigenvalue weighted by Crippen LogP contribution is -2.50. The number of rotatable bonds is 4. The fraction of sp³-hybridized carbons (Fsp3) is 0.517. The Bertz CT molecular complexity index is 1200. The Kier molecular flexibility index (Phi) is 6.41. The molecule has 3 fully saturated rings. The van der Waals surface area contributed by atoms with Gasteiger partial charge in [-0.15, -0.1) is 0 Å². The average Bonchev–Trinajstić information content (AvgIpc) is 3.27. The number of aliphatic hydroxyl groups is 1. The van der Waals surface area contributed by atoms with Gasteiger partial charge in [-0.05, 0) is 66.0 Å². The highest BCUT2D eigenvalue weighted by atomic mass is 35.5. The van der Waals surface area contributed by atoms with E-state index in [1.807, 2.05) is 53.4 Å². The molecule has 6 atom stereocenters. The van der Waals surface area contributed by atoms with E-state index in [-0.39, 0.29) is 29.9 Å². The quantitative estimate of drug-likeness (QED) is 0.567. The lowest BCUT2D eigenvalue weighted by atomic mass is 9.62. The number of hydrogen-bond donors (Lipinski definition) is 2. The van der Waals surface area contributed by atoms with Gasteiger partial charge in [-0.2, -0.15) is 5.26 Å². The van der Waals surface area contributed by atoms with E-state index in [0.29, 0.717) is 16.6 Å². The van der Waals surface area contributed by atoms with Crippen molar-refractivity contribution in [3.8, 4) is 6.07 Å². The van der Waals surface area contributed by atoms with Crippen molar-refractivity contribution < 1.29 is 9.90 Å². The number of carbonyl (C=O) groups is 1. The molecule has 7 heteroatoms. The maximum atomic E-state index is 14.2. The Morgan fingerprint density at radius 3 is 2.50 bits per heavy atom. The lowest BCUT2D eigenvalue weighted by Gasteiger charge is -2.38. The third-order valence-corrected chi connectivity index (χ3v) is 9.23. The largest absolute Gasteiger partial charge is 0.394 e. The van der Waals surface area contributed by atoms with Crippen LogP contribution in [0.15, 0.2) is 48.5 Å². The third-order valence-electron chi connectivity index (χ3n) is 8.74. The zero-order valence-electron chi connectivity index (χ0n) is 21.0. The van der Waals surface area contributed by atoms with Crippen LogP contribution in [0.5, 0.6) is 0 Å². The zero-order valence-corrected chi connectivity index (χ0v) is 22.5. The van der Waals surface area contributed by atoms with Gasteiger partial charge < -0.3 is 10.0 Å². The fourth-order valence-corrected chi connectivity index (χ4v) is 7.46. The molecule has 2 aromatic rings. The van der Waals surface area contributed by atoms with Crippen LogP contribution in [0.25, 0.3) is 0 Å². The SMILES string of the molecule is CC(C)(C)C1CC12N[C@@H](C(=O)N1CCC[C@H]1CO)[C@H](c1cccc(Cl)c1)[C@@]2(C#N)c1ccc(Cl)cc1. The number of halogens is 2. The molecule has 1 saturated carbocycles. The zero-order chi connectivity index (χ0) is 25.9. The first-order valence-electron chi connectivity index (χ1n) is 12.7. The van der Waals surface area contributed by atoms with Crippen molar-refractivity contribution >= 4 is 29.1 Å². The van der Waals surface area contributed by atoms with Crippen LogP contribution < -0.4 is 5.32 Å². The molecule has 2 heterocycles. The van der Waals surface area contributed by atoms with Gasteiger partial charge in [-0.1, -0.05) is 68.2 Å². The van der Waals surface area contributed by atoms with Gasteiger partial charge in [0.1, 0.15) is 5.41 Å². The van der Waals surface area contributed by atoms with Crippen LogP contribution in [0.3, 0.4) is 0 Å². The molecule has 0 aromatic heterocycles. The van der Waals surface area contributed by atoms with E-state index in [1.165, 1.54) is 0 Å². The molecule has 2 saturated heterocycles. The smallest absolute Gasteiger partial charge is 0.240 e. The van der Waals surface area contributed by atoms with Crippen LogP contribution >= 0.6 is 23.2 Å². The van der Waals surface area contributed by atoms with Gasteiger partial charge in [0.15, 0.2) is 0 Å². The topological polar surface area (TPSA) is 76.4 Å². The highest BCUT2D eigenvalue weighted by molar-refractivity contribution is 6.30. The van der Waals surface area contributed by atoms with E-state index in [2.05, 4.69) is 32.2 Å². The Morgan fingerprint density at radius 1 is 1.19 bits per heavy atom. The molecular formula is C29H33Cl2N3O2. The minimum atomic E-state index is -1.02. The number of benzene rings is 2. The predicted molar refractivity (Wildman–Crippen MR) is 142 cm³/mol. The Labute approximate surface area is 223 Å². The number of carbonyl (C=O) groups excluding carboxylic acids is 1. The molecular weight excluding hydrogens is 493 g/mol. The second-order valence-corrected chi connectivity index (χ2v) is 12.6. The van der Waals surface area contributed by atoms with Crippen LogP contribution in [0.4, 0.5) is 0 Å². The molecule has 190 valence electrons. The number of hydrogen-bond acceptors (Lipinski definition) is 4. The highest BCUT2D eigenvalue weighted by Crippen LogP contribution is 2.70. The number of nitrogens with zero attached hydrogens (tertiary/aromatic N) is 2. The molecule has 5 rings (SSSR count). The second kappa shape index (κ2) is 9.03. The van der Waals surface area contributed by atoms with Crippen LogP contribution in [0.2, 0.25) is 10.0 Å². The van der Waals surface area contributed by atoms with E-state index in [1.54, 1.807) is 0 Å². The van der Waals surface area contributed by atoms with E-state index < -0.39 is 22.9 Å². The van der Waals surface area contributed by atoms with Crippen LogP contribution in [-0.4, -0.2) is 46.7 Å². The maximum Gasteiger partial charge on any atom is 0.240 e. The van der Waals surface area contributed by atoms with Gasteiger partial charge in [0, 0.05) is 28.0 Å². The molecule has 2 aromatic carbocycles. The number of aliphatic hydroxyl groups excluding tert-OH is 1. The summed E-state index contributed by atoms with van der Waals surface area (Å²) in [7, 11) is 0. The van der Waals surface area contributed by atoms with Crippen molar-refractivity contribution in [2.45, 2.75) is 69.0 Å². The van der Waals surface area contributed by atoms with E-state index >= 15 is 0 Å². The number of nitriles is 1. The molecule has 0 bridgehead atoms. The molecule has 2 N–H and O–H groups in total. The number of amides is 1. The summed E-state index contributed by atoms with van der Waals surface area (Å²) >= 11 is 12.7. The Morgan fingerprint density at radius 2 is 1.92 bits per heavy atom. The summed E-state index contributed by atoms with van der Waals surface area (Å²) < 4.78 is 0. The summed E-state index contributed by atoms with van der Waals surface area (Å²) in [5, 5.41) is 26.1. The number of likely N-dealkylation sites (tertiary alicyclic amines) is 1. The molecule has 3 aliphatic rings. The van der Waals surface area contributed by atoms with Gasteiger partial charge in [0.2, 0.25) is 5.91 Å². The molecule has 36 heavy (non-hydrogen) atoms. The monoisotopic (exact) mass is 525 g/mol. The molecule has 1 amide bonds. The van der Waals surface area contributed by atoms with Gasteiger partial charge in [-0.25, -0.2) is 0 Å². The molecule has 1 aliphatic carbocycles. The van der Waals surface area contributed by atoms with Crippen molar-refractivity contribution in [2.24, 2.45) is 11.3 Å². The highest BCUT2D eigenvalue weighted by Gasteiger charge is 2.78. The first-order valence-corrected chi connectivity index (χ1v) is 13.5. The van der Waals surface area contributed by atoms with Crippen molar-refractivity contribution in [1.82, 2.24) is 10.2 Å². The molecule has 0 radical (unpaired) electrons. The van der Waals surface area contributed by atoms with Crippen LogP contribution in [0, 0.1) is 22.7 Å². The van der Waals surface area contributed by atoms with E-state index in [9.17, 15) is 15.2 Å². The lowest BCUT2D eigenvalue weighted by molar-refractivity contribution is -0.135. The molecule has 1 spiro atoms. The third kappa shape index (κ3) is 3.77. The van der Waals surface area contributed by atoms with Crippen molar-refractivity contribution in [1.29, 1.82) is 5.26 Å². The van der Waals surface area contributed by atoms with Gasteiger partial charge in [0.05, 0.1) is 24.8 Å². The van der Waals surface area contributed by atoms with E-state index in [0.717, 1.165) is 30.4 Å². The predicted octanol–water partition coefficient (Wildman–Crippen LogP) is 5.30. The normalized spacial score (nSPS) is 33.6. The first kappa shape index (κ1) is 25.5. The molecule has 2 aliphatic heterocycles. The summed E-state index contributed by atoms with van der Waals surface area (Å²) in [6, 6.07) is 17.0. The minimum Gasteiger partial charge on any atom is -0.394 e. The second-order valence-electron chi connectivity index (χ2n) is 11.7. The van der Waals surface area contributed by atoms with Gasteiger partial charge in [0.25, 0.3) is 0 Å².